The summed E-state index contributed by atoms with van der Waals surface area (Å²) in [6.07, 6.45) is -0.162. The van der Waals surface area contributed by atoms with Crippen molar-refractivity contribution in [2.75, 3.05) is 31.0 Å². The number of nitrogens with zero attached hydrogens (tertiary/aromatic N) is 2. The zero-order valence-electron chi connectivity index (χ0n) is 20.1. The van der Waals surface area contributed by atoms with Crippen LogP contribution in [0.2, 0.25) is 0 Å². The van der Waals surface area contributed by atoms with Gasteiger partial charge < -0.3 is 19.8 Å². The number of carboxylic acid groups (broad SMARTS) is 1. The van der Waals surface area contributed by atoms with Crippen molar-refractivity contribution in [3.05, 3.63) is 95.1 Å². The minimum Gasteiger partial charge on any atom is -0.507 e. The molecule has 1 unspecified atom stereocenters. The fourth-order valence-electron chi connectivity index (χ4n) is 4.24. The number of amides is 1. The Morgan fingerprint density at radius 2 is 1.64 bits per heavy atom. The summed E-state index contributed by atoms with van der Waals surface area (Å²) < 4.78 is 5.25. The quantitative estimate of drug-likeness (QED) is 0.295. The summed E-state index contributed by atoms with van der Waals surface area (Å²) in [7, 11) is 5.31. The van der Waals surface area contributed by atoms with Gasteiger partial charge >= 0.3 is 5.97 Å². The SMILES string of the molecule is COc1cccc(/C(O)=C2/C(=O)C(=O)N(c3ccc(CC(=O)O)cc3)C2c2ccc(N(C)C)cc2)c1. The van der Waals surface area contributed by atoms with Crippen LogP contribution >= 0.6 is 0 Å². The van der Waals surface area contributed by atoms with E-state index in [1.807, 2.05) is 43.3 Å². The molecular formula is C28H26N2O6. The largest absolute Gasteiger partial charge is 0.507 e. The lowest BCUT2D eigenvalue weighted by Crippen LogP contribution is -2.29. The van der Waals surface area contributed by atoms with E-state index in [4.69, 9.17) is 9.84 Å². The van der Waals surface area contributed by atoms with E-state index in [0.717, 1.165) is 5.69 Å². The number of benzene rings is 3. The minimum absolute atomic E-state index is 0.0412. The van der Waals surface area contributed by atoms with Crippen molar-refractivity contribution in [1.82, 2.24) is 0 Å². The van der Waals surface area contributed by atoms with Crippen LogP contribution in [0.15, 0.2) is 78.4 Å². The van der Waals surface area contributed by atoms with Crippen LogP contribution in [0.25, 0.3) is 5.76 Å². The highest BCUT2D eigenvalue weighted by Gasteiger charge is 2.47. The molecule has 1 saturated heterocycles. The number of aliphatic hydroxyl groups is 1. The molecule has 1 aliphatic heterocycles. The number of ether oxygens (including phenoxy) is 1. The van der Waals surface area contributed by atoms with Gasteiger partial charge in [0.15, 0.2) is 0 Å². The molecule has 0 aliphatic carbocycles. The predicted octanol–water partition coefficient (Wildman–Crippen LogP) is 4.01. The number of carbonyl (C=O) groups excluding carboxylic acids is 2. The van der Waals surface area contributed by atoms with Crippen LogP contribution in [0, 0.1) is 0 Å². The number of methoxy groups -OCH3 is 1. The van der Waals surface area contributed by atoms with Gasteiger partial charge in [0.1, 0.15) is 11.5 Å². The Morgan fingerprint density at radius 1 is 0.972 bits per heavy atom. The highest BCUT2D eigenvalue weighted by molar-refractivity contribution is 6.51. The molecule has 36 heavy (non-hydrogen) atoms. The van der Waals surface area contributed by atoms with E-state index >= 15 is 0 Å². The second-order valence-corrected chi connectivity index (χ2v) is 8.62. The predicted molar refractivity (Wildman–Crippen MR) is 136 cm³/mol. The summed E-state index contributed by atoms with van der Waals surface area (Å²) in [5, 5.41) is 20.3. The maximum absolute atomic E-state index is 13.3. The fourth-order valence-corrected chi connectivity index (χ4v) is 4.24. The Morgan fingerprint density at radius 3 is 2.22 bits per heavy atom. The van der Waals surface area contributed by atoms with E-state index < -0.39 is 23.7 Å². The zero-order valence-corrected chi connectivity index (χ0v) is 20.1. The van der Waals surface area contributed by atoms with Crippen molar-refractivity contribution in [3.63, 3.8) is 0 Å². The Balaban J connectivity index is 1.88. The third-order valence-corrected chi connectivity index (χ3v) is 6.08. The monoisotopic (exact) mass is 486 g/mol. The van der Waals surface area contributed by atoms with E-state index in [-0.39, 0.29) is 17.8 Å². The van der Waals surface area contributed by atoms with Gasteiger partial charge in [0, 0.05) is 31.0 Å². The third-order valence-electron chi connectivity index (χ3n) is 6.08. The number of hydrogen-bond donors (Lipinski definition) is 2. The smallest absolute Gasteiger partial charge is 0.307 e. The Hall–Kier alpha value is -4.59. The minimum atomic E-state index is -0.970. The molecule has 0 radical (unpaired) electrons. The van der Waals surface area contributed by atoms with Crippen LogP contribution in [0.5, 0.6) is 5.75 Å². The summed E-state index contributed by atoms with van der Waals surface area (Å²) in [5.74, 6) is -2.38. The molecular weight excluding hydrogens is 460 g/mol. The van der Waals surface area contributed by atoms with Gasteiger partial charge in [0.2, 0.25) is 0 Å². The first-order valence-corrected chi connectivity index (χ1v) is 11.2. The number of ketones is 1. The third kappa shape index (κ3) is 4.65. The number of hydrogen-bond acceptors (Lipinski definition) is 6. The zero-order chi connectivity index (χ0) is 26.0. The van der Waals surface area contributed by atoms with Gasteiger partial charge in [-0.3, -0.25) is 19.3 Å². The molecule has 1 heterocycles. The average molecular weight is 487 g/mol. The van der Waals surface area contributed by atoms with Crippen LogP contribution in [0.3, 0.4) is 0 Å². The first-order chi connectivity index (χ1) is 17.2. The average Bonchev–Trinajstić information content (AvgIpc) is 3.14. The van der Waals surface area contributed by atoms with E-state index in [1.54, 1.807) is 48.5 Å². The summed E-state index contributed by atoms with van der Waals surface area (Å²) in [4.78, 5) is 40.9. The number of rotatable bonds is 7. The fraction of sp³-hybridized carbons (Fsp3) is 0.179. The van der Waals surface area contributed by atoms with Crippen molar-refractivity contribution >= 4 is 34.8 Å². The van der Waals surface area contributed by atoms with Gasteiger partial charge in [-0.2, -0.15) is 0 Å². The van der Waals surface area contributed by atoms with Gasteiger partial charge in [0.05, 0.1) is 25.1 Å². The van der Waals surface area contributed by atoms with Crippen LogP contribution in [0.4, 0.5) is 11.4 Å². The van der Waals surface area contributed by atoms with Crippen molar-refractivity contribution in [2.24, 2.45) is 0 Å². The molecule has 2 N–H and O–H groups in total. The van der Waals surface area contributed by atoms with Gasteiger partial charge in [0.25, 0.3) is 11.7 Å². The van der Waals surface area contributed by atoms with E-state index in [2.05, 4.69) is 0 Å². The van der Waals surface area contributed by atoms with Gasteiger partial charge in [-0.05, 0) is 47.5 Å². The molecule has 0 spiro atoms. The molecule has 184 valence electrons. The van der Waals surface area contributed by atoms with E-state index in [9.17, 15) is 19.5 Å². The number of anilines is 2. The lowest BCUT2D eigenvalue weighted by molar-refractivity contribution is -0.136. The second kappa shape index (κ2) is 9.95. The second-order valence-electron chi connectivity index (χ2n) is 8.62. The number of Topliss-reactive ketones (excluding diaryl/α,β-unsaturated/α-hetero) is 1. The van der Waals surface area contributed by atoms with Crippen molar-refractivity contribution in [1.29, 1.82) is 0 Å². The van der Waals surface area contributed by atoms with E-state index in [0.29, 0.717) is 28.1 Å². The molecule has 0 aromatic heterocycles. The molecule has 1 aliphatic rings. The number of carbonyl (C=O) groups is 3. The molecule has 1 fully saturated rings. The highest BCUT2D eigenvalue weighted by atomic mass is 16.5. The lowest BCUT2D eigenvalue weighted by atomic mass is 9.94. The summed E-state index contributed by atoms with van der Waals surface area (Å²) in [5.41, 5.74) is 2.85. The maximum Gasteiger partial charge on any atom is 0.307 e. The van der Waals surface area contributed by atoms with Gasteiger partial charge in [-0.25, -0.2) is 0 Å². The number of aliphatic hydroxyl groups excluding tert-OH is 1. The normalized spacial score (nSPS) is 16.8. The molecule has 4 rings (SSSR count). The van der Waals surface area contributed by atoms with Crippen molar-refractivity contribution < 1.29 is 29.3 Å². The first-order valence-electron chi connectivity index (χ1n) is 11.2. The molecule has 8 nitrogen and oxygen atoms in total. The molecule has 8 heteroatoms. The number of carboxylic acids is 1. The number of aliphatic carboxylic acids is 1. The van der Waals surface area contributed by atoms with Gasteiger partial charge in [-0.15, -0.1) is 0 Å². The molecule has 0 bridgehead atoms. The molecule has 3 aromatic carbocycles. The summed E-state index contributed by atoms with van der Waals surface area (Å²) in [6, 6.07) is 19.5. The maximum atomic E-state index is 13.3. The Labute approximate surface area is 208 Å². The van der Waals surface area contributed by atoms with Crippen LogP contribution in [-0.2, 0) is 20.8 Å². The van der Waals surface area contributed by atoms with Crippen LogP contribution < -0.4 is 14.5 Å². The molecule has 1 amide bonds. The van der Waals surface area contributed by atoms with Crippen molar-refractivity contribution in [3.8, 4) is 5.75 Å². The Kier molecular flexibility index (Phi) is 6.78. The molecule has 0 saturated carbocycles. The van der Waals surface area contributed by atoms with Crippen LogP contribution in [0.1, 0.15) is 22.7 Å². The topological polar surface area (TPSA) is 107 Å². The van der Waals surface area contributed by atoms with Gasteiger partial charge in [-0.1, -0.05) is 36.4 Å². The first kappa shape index (κ1) is 24.5. The van der Waals surface area contributed by atoms with Crippen LogP contribution in [-0.4, -0.2) is 49.1 Å². The molecule has 1 atom stereocenters. The summed E-state index contributed by atoms with van der Waals surface area (Å²) in [6.45, 7) is 0. The van der Waals surface area contributed by atoms with Crippen molar-refractivity contribution in [2.45, 2.75) is 12.5 Å². The molecule has 3 aromatic rings. The standard InChI is InChI=1S/C28H26N2O6/c1-29(2)20-13-9-18(10-14-20)25-24(26(33)19-5-4-6-22(16-19)36-3)27(34)28(35)30(25)21-11-7-17(8-12-21)15-23(31)32/h4-14,16,25,33H,15H2,1-3H3,(H,31,32)/b26-24-. The Bertz CT molecular complexity index is 1340. The lowest BCUT2D eigenvalue weighted by Gasteiger charge is -2.26. The van der Waals surface area contributed by atoms with E-state index in [1.165, 1.54) is 12.0 Å². The summed E-state index contributed by atoms with van der Waals surface area (Å²) >= 11 is 0. The highest BCUT2D eigenvalue weighted by Crippen LogP contribution is 2.42.